The summed E-state index contributed by atoms with van der Waals surface area (Å²) in [6.45, 7) is 1.65. The Morgan fingerprint density at radius 1 is 1.26 bits per heavy atom. The Labute approximate surface area is 134 Å². The Morgan fingerprint density at radius 3 is 2.43 bits per heavy atom. The molecule has 0 spiro atoms. The van der Waals surface area contributed by atoms with Gasteiger partial charge in [-0.1, -0.05) is 12.1 Å². The van der Waals surface area contributed by atoms with Crippen LogP contribution in [0, 0.1) is 17.0 Å². The molecule has 0 amide bonds. The molecule has 1 heterocycles. The lowest BCUT2D eigenvalue weighted by Crippen LogP contribution is -2.05. The standard InChI is InChI=1S/C15H17N3O4S/c1-11-9-15(16-10-14(11)18(19)20)17-13-5-3-12(4-6-13)7-8-23(2,21)22/h3-6,9-10H,7-8H2,1-2H3,(H,16,17). The van der Waals surface area contributed by atoms with Gasteiger partial charge >= 0.3 is 0 Å². The minimum absolute atomic E-state index is 0.0216. The third-order valence-electron chi connectivity index (χ3n) is 3.27. The summed E-state index contributed by atoms with van der Waals surface area (Å²) in [4.78, 5) is 14.3. The van der Waals surface area contributed by atoms with Crippen molar-refractivity contribution in [3.05, 3.63) is 57.8 Å². The number of aromatic nitrogens is 1. The van der Waals surface area contributed by atoms with E-state index in [1.807, 2.05) is 24.3 Å². The predicted octanol–water partition coefficient (Wildman–Crippen LogP) is 2.63. The average Bonchev–Trinajstić information content (AvgIpc) is 2.45. The average molecular weight is 335 g/mol. The van der Waals surface area contributed by atoms with E-state index < -0.39 is 14.8 Å². The summed E-state index contributed by atoms with van der Waals surface area (Å²) >= 11 is 0. The first-order chi connectivity index (χ1) is 10.7. The van der Waals surface area contributed by atoms with E-state index in [0.29, 0.717) is 17.8 Å². The lowest BCUT2D eigenvalue weighted by Gasteiger charge is -2.07. The maximum Gasteiger partial charge on any atom is 0.290 e. The van der Waals surface area contributed by atoms with Crippen LogP contribution >= 0.6 is 0 Å². The van der Waals surface area contributed by atoms with E-state index in [4.69, 9.17) is 0 Å². The quantitative estimate of drug-likeness (QED) is 0.643. The molecule has 0 unspecified atom stereocenters. The van der Waals surface area contributed by atoms with Crippen LogP contribution < -0.4 is 5.32 Å². The van der Waals surface area contributed by atoms with Crippen LogP contribution in [0.15, 0.2) is 36.5 Å². The highest BCUT2D eigenvalue weighted by Gasteiger charge is 2.11. The molecule has 122 valence electrons. The van der Waals surface area contributed by atoms with Gasteiger partial charge < -0.3 is 5.32 Å². The molecule has 1 aromatic heterocycles. The van der Waals surface area contributed by atoms with Gasteiger partial charge in [-0.05, 0) is 37.1 Å². The highest BCUT2D eigenvalue weighted by atomic mass is 32.2. The fourth-order valence-electron chi connectivity index (χ4n) is 2.01. The molecule has 0 aliphatic carbocycles. The number of rotatable bonds is 6. The second-order valence-corrected chi connectivity index (χ2v) is 7.57. The first-order valence-electron chi connectivity index (χ1n) is 6.89. The SMILES string of the molecule is Cc1cc(Nc2ccc(CCS(C)(=O)=O)cc2)ncc1[N+](=O)[O-]. The van der Waals surface area contributed by atoms with Gasteiger partial charge in [0.15, 0.2) is 0 Å². The summed E-state index contributed by atoms with van der Waals surface area (Å²) < 4.78 is 22.3. The number of hydrogen-bond donors (Lipinski definition) is 1. The fourth-order valence-corrected chi connectivity index (χ4v) is 2.62. The van der Waals surface area contributed by atoms with Gasteiger partial charge in [-0.2, -0.15) is 0 Å². The van der Waals surface area contributed by atoms with E-state index in [1.54, 1.807) is 13.0 Å². The van der Waals surface area contributed by atoms with Crippen molar-refractivity contribution in [2.24, 2.45) is 0 Å². The number of hydrogen-bond acceptors (Lipinski definition) is 6. The van der Waals surface area contributed by atoms with Crippen LogP contribution in [0.5, 0.6) is 0 Å². The maximum absolute atomic E-state index is 11.2. The molecule has 1 aromatic carbocycles. The van der Waals surface area contributed by atoms with Crippen molar-refractivity contribution in [1.29, 1.82) is 0 Å². The number of aryl methyl sites for hydroxylation is 2. The first-order valence-corrected chi connectivity index (χ1v) is 8.95. The van der Waals surface area contributed by atoms with Crippen LogP contribution in [-0.2, 0) is 16.3 Å². The van der Waals surface area contributed by atoms with Crippen LogP contribution in [0.1, 0.15) is 11.1 Å². The summed E-state index contributed by atoms with van der Waals surface area (Å²) in [7, 11) is -2.98. The molecule has 0 saturated carbocycles. The zero-order chi connectivity index (χ0) is 17.0. The van der Waals surface area contributed by atoms with E-state index in [9.17, 15) is 18.5 Å². The second-order valence-electron chi connectivity index (χ2n) is 5.31. The maximum atomic E-state index is 11.2. The molecule has 0 fully saturated rings. The Bertz CT molecular complexity index is 817. The molecule has 0 atom stereocenters. The molecule has 0 radical (unpaired) electrons. The normalized spacial score (nSPS) is 11.2. The van der Waals surface area contributed by atoms with Crippen molar-refractivity contribution in [3.8, 4) is 0 Å². The zero-order valence-corrected chi connectivity index (χ0v) is 13.6. The summed E-state index contributed by atoms with van der Waals surface area (Å²) in [6, 6.07) is 8.92. The third kappa shape index (κ3) is 5.03. The molecule has 0 aliphatic heterocycles. The molecule has 8 heteroatoms. The van der Waals surface area contributed by atoms with Crippen LogP contribution in [0.25, 0.3) is 0 Å². The number of benzene rings is 1. The highest BCUT2D eigenvalue weighted by Crippen LogP contribution is 2.21. The first kappa shape index (κ1) is 16.9. The summed E-state index contributed by atoms with van der Waals surface area (Å²) in [5.74, 6) is 0.625. The van der Waals surface area contributed by atoms with E-state index in [-0.39, 0.29) is 11.4 Å². The third-order valence-corrected chi connectivity index (χ3v) is 4.21. The van der Waals surface area contributed by atoms with Crippen molar-refractivity contribution in [1.82, 2.24) is 4.98 Å². The van der Waals surface area contributed by atoms with Crippen LogP contribution in [0.2, 0.25) is 0 Å². The number of anilines is 2. The molecule has 2 aromatic rings. The number of sulfone groups is 1. The smallest absolute Gasteiger partial charge is 0.290 e. The van der Waals surface area contributed by atoms with Gasteiger partial charge in [0.05, 0.1) is 10.7 Å². The highest BCUT2D eigenvalue weighted by molar-refractivity contribution is 7.90. The largest absolute Gasteiger partial charge is 0.340 e. The molecule has 0 aliphatic rings. The van der Waals surface area contributed by atoms with E-state index in [2.05, 4.69) is 10.3 Å². The van der Waals surface area contributed by atoms with Crippen LogP contribution in [0.3, 0.4) is 0 Å². The number of nitro groups is 1. The molecule has 1 N–H and O–H groups in total. The number of nitrogens with zero attached hydrogens (tertiary/aromatic N) is 2. The molecule has 7 nitrogen and oxygen atoms in total. The summed E-state index contributed by atoms with van der Waals surface area (Å²) in [5.41, 5.74) is 2.20. The molecule has 0 saturated heterocycles. The van der Waals surface area contributed by atoms with Gasteiger partial charge in [0.2, 0.25) is 0 Å². The van der Waals surface area contributed by atoms with E-state index in [1.165, 1.54) is 12.5 Å². The Hall–Kier alpha value is -2.48. The minimum atomic E-state index is -2.98. The van der Waals surface area contributed by atoms with Crippen LogP contribution in [0.4, 0.5) is 17.2 Å². The molecular formula is C15H17N3O4S. The Morgan fingerprint density at radius 2 is 1.91 bits per heavy atom. The zero-order valence-electron chi connectivity index (χ0n) is 12.8. The van der Waals surface area contributed by atoms with Crippen molar-refractivity contribution in [2.75, 3.05) is 17.3 Å². The Kier molecular flexibility index (Phi) is 4.95. The van der Waals surface area contributed by atoms with Gasteiger partial charge in [0.1, 0.15) is 21.9 Å². The summed E-state index contributed by atoms with van der Waals surface area (Å²) in [5, 5.41) is 13.8. The Balaban J connectivity index is 2.06. The van der Waals surface area contributed by atoms with Gasteiger partial charge in [-0.15, -0.1) is 0 Å². The minimum Gasteiger partial charge on any atom is -0.340 e. The molecule has 2 rings (SSSR count). The number of nitrogens with one attached hydrogen (secondary N) is 1. The van der Waals surface area contributed by atoms with Gasteiger partial charge in [0, 0.05) is 17.5 Å². The molecule has 23 heavy (non-hydrogen) atoms. The monoisotopic (exact) mass is 335 g/mol. The van der Waals surface area contributed by atoms with Crippen molar-refractivity contribution in [3.63, 3.8) is 0 Å². The topological polar surface area (TPSA) is 102 Å². The van der Waals surface area contributed by atoms with Gasteiger partial charge in [-0.3, -0.25) is 10.1 Å². The van der Waals surface area contributed by atoms with Gasteiger partial charge in [-0.25, -0.2) is 13.4 Å². The van der Waals surface area contributed by atoms with Crippen molar-refractivity contribution >= 4 is 27.0 Å². The van der Waals surface area contributed by atoms with E-state index in [0.717, 1.165) is 11.3 Å². The van der Waals surface area contributed by atoms with Crippen molar-refractivity contribution in [2.45, 2.75) is 13.3 Å². The summed E-state index contributed by atoms with van der Waals surface area (Å²) in [6.07, 6.45) is 2.90. The van der Waals surface area contributed by atoms with Crippen LogP contribution in [-0.4, -0.2) is 30.3 Å². The lowest BCUT2D eigenvalue weighted by molar-refractivity contribution is -0.385. The molecule has 0 bridgehead atoms. The van der Waals surface area contributed by atoms with Gasteiger partial charge in [0.25, 0.3) is 5.69 Å². The predicted molar refractivity (Wildman–Crippen MR) is 88.8 cm³/mol. The van der Waals surface area contributed by atoms with E-state index >= 15 is 0 Å². The fraction of sp³-hybridized carbons (Fsp3) is 0.267. The van der Waals surface area contributed by atoms with Crippen molar-refractivity contribution < 1.29 is 13.3 Å². The second kappa shape index (κ2) is 6.74. The lowest BCUT2D eigenvalue weighted by atomic mass is 10.1. The number of pyridine rings is 1. The molecular weight excluding hydrogens is 318 g/mol.